The third kappa shape index (κ3) is 3.19. The van der Waals surface area contributed by atoms with E-state index in [9.17, 15) is 13.2 Å². The van der Waals surface area contributed by atoms with Crippen LogP contribution in [-0.2, 0) is 14.6 Å². The molecule has 1 amide bonds. The number of ether oxygens (including phenoxy) is 2. The largest absolute Gasteiger partial charge is 0.497 e. The molecule has 0 saturated carbocycles. The van der Waals surface area contributed by atoms with Gasteiger partial charge in [0, 0.05) is 13.1 Å². The minimum atomic E-state index is -2.90. The SMILES string of the molecule is COc1ccc(OCC(=O)N2C[C@@H]3CS(=O)(=O)C[C@@H]3C2)cc1. The predicted octanol–water partition coefficient (Wildman–Crippen LogP) is 0.577. The molecule has 0 spiro atoms. The highest BCUT2D eigenvalue weighted by molar-refractivity contribution is 7.91. The Hall–Kier alpha value is -1.76. The van der Waals surface area contributed by atoms with Crippen LogP contribution in [0.2, 0.25) is 0 Å². The second-order valence-electron chi connectivity index (χ2n) is 5.86. The first kappa shape index (κ1) is 15.1. The fourth-order valence-corrected chi connectivity index (χ4v) is 5.34. The number of amides is 1. The van der Waals surface area contributed by atoms with Gasteiger partial charge in [-0.25, -0.2) is 8.42 Å². The Morgan fingerprint density at radius 2 is 1.68 bits per heavy atom. The predicted molar refractivity (Wildman–Crippen MR) is 80.7 cm³/mol. The van der Waals surface area contributed by atoms with Crippen molar-refractivity contribution < 1.29 is 22.7 Å². The van der Waals surface area contributed by atoms with Gasteiger partial charge in [-0.15, -0.1) is 0 Å². The average Bonchev–Trinajstić information content (AvgIpc) is 2.98. The first-order chi connectivity index (χ1) is 10.5. The fourth-order valence-electron chi connectivity index (χ4n) is 3.15. The molecule has 0 aromatic heterocycles. The van der Waals surface area contributed by atoms with E-state index in [1.807, 2.05) is 0 Å². The van der Waals surface area contributed by atoms with Crippen LogP contribution < -0.4 is 9.47 Å². The molecular weight excluding hydrogens is 306 g/mol. The third-order valence-electron chi connectivity index (χ3n) is 4.29. The summed E-state index contributed by atoms with van der Waals surface area (Å²) in [5.74, 6) is 1.84. The molecule has 0 aliphatic carbocycles. The van der Waals surface area contributed by atoms with Crippen molar-refractivity contribution in [2.24, 2.45) is 11.8 Å². The summed E-state index contributed by atoms with van der Waals surface area (Å²) in [6.45, 7) is 1.02. The topological polar surface area (TPSA) is 72.9 Å². The summed E-state index contributed by atoms with van der Waals surface area (Å²) in [5, 5.41) is 0. The number of benzene rings is 1. The lowest BCUT2D eigenvalue weighted by atomic mass is 10.0. The number of rotatable bonds is 4. The zero-order valence-corrected chi connectivity index (χ0v) is 13.2. The maximum Gasteiger partial charge on any atom is 0.260 e. The minimum absolute atomic E-state index is 0.0292. The van der Waals surface area contributed by atoms with E-state index in [-0.39, 0.29) is 35.9 Å². The van der Waals surface area contributed by atoms with E-state index in [1.165, 1.54) is 0 Å². The highest BCUT2D eigenvalue weighted by atomic mass is 32.2. The summed E-state index contributed by atoms with van der Waals surface area (Å²) < 4.78 is 33.6. The summed E-state index contributed by atoms with van der Waals surface area (Å²) in [4.78, 5) is 13.9. The summed E-state index contributed by atoms with van der Waals surface area (Å²) in [5.41, 5.74) is 0. The Morgan fingerprint density at radius 1 is 1.14 bits per heavy atom. The van der Waals surface area contributed by atoms with Crippen LogP contribution in [0.5, 0.6) is 11.5 Å². The number of nitrogens with zero attached hydrogens (tertiary/aromatic N) is 1. The van der Waals surface area contributed by atoms with Crippen molar-refractivity contribution >= 4 is 15.7 Å². The van der Waals surface area contributed by atoms with Crippen molar-refractivity contribution in [2.45, 2.75) is 0 Å². The van der Waals surface area contributed by atoms with E-state index in [0.717, 1.165) is 5.75 Å². The van der Waals surface area contributed by atoms with Gasteiger partial charge in [0.15, 0.2) is 16.4 Å². The third-order valence-corrected chi connectivity index (χ3v) is 6.16. The molecule has 2 fully saturated rings. The molecule has 0 radical (unpaired) electrons. The number of hydrogen-bond acceptors (Lipinski definition) is 5. The van der Waals surface area contributed by atoms with Gasteiger partial charge in [-0.2, -0.15) is 0 Å². The smallest absolute Gasteiger partial charge is 0.260 e. The molecular formula is C15H19NO5S. The Bertz CT molecular complexity index is 635. The van der Waals surface area contributed by atoms with Crippen LogP contribution in [0.15, 0.2) is 24.3 Å². The van der Waals surface area contributed by atoms with E-state index in [0.29, 0.717) is 18.8 Å². The number of sulfone groups is 1. The van der Waals surface area contributed by atoms with E-state index >= 15 is 0 Å². The number of hydrogen-bond donors (Lipinski definition) is 0. The maximum atomic E-state index is 12.2. The average molecular weight is 325 g/mol. The number of carbonyl (C=O) groups is 1. The molecule has 2 saturated heterocycles. The van der Waals surface area contributed by atoms with Gasteiger partial charge in [-0.3, -0.25) is 4.79 Å². The fraction of sp³-hybridized carbons (Fsp3) is 0.533. The van der Waals surface area contributed by atoms with Crippen molar-refractivity contribution in [1.82, 2.24) is 4.90 Å². The summed E-state index contributed by atoms with van der Waals surface area (Å²) in [6, 6.07) is 7.03. The van der Waals surface area contributed by atoms with Gasteiger partial charge in [0.25, 0.3) is 5.91 Å². The Morgan fingerprint density at radius 3 is 2.23 bits per heavy atom. The maximum absolute atomic E-state index is 12.2. The lowest BCUT2D eigenvalue weighted by molar-refractivity contribution is -0.132. The van der Waals surface area contributed by atoms with Gasteiger partial charge >= 0.3 is 0 Å². The van der Waals surface area contributed by atoms with E-state index in [1.54, 1.807) is 36.3 Å². The van der Waals surface area contributed by atoms with Crippen molar-refractivity contribution in [3.63, 3.8) is 0 Å². The molecule has 2 aliphatic rings. The zero-order valence-electron chi connectivity index (χ0n) is 12.4. The quantitative estimate of drug-likeness (QED) is 0.809. The monoisotopic (exact) mass is 325 g/mol. The van der Waals surface area contributed by atoms with Crippen LogP contribution in [0.4, 0.5) is 0 Å². The number of fused-ring (bicyclic) bond motifs is 1. The molecule has 1 aromatic carbocycles. The Labute approximate surface area is 129 Å². The summed E-state index contributed by atoms with van der Waals surface area (Å²) >= 11 is 0. The number of carbonyl (C=O) groups excluding carboxylic acids is 1. The molecule has 120 valence electrons. The van der Waals surface area contributed by atoms with Crippen molar-refractivity contribution in [3.05, 3.63) is 24.3 Å². The van der Waals surface area contributed by atoms with Crippen molar-refractivity contribution in [2.75, 3.05) is 38.3 Å². The zero-order chi connectivity index (χ0) is 15.7. The van der Waals surface area contributed by atoms with E-state index in [4.69, 9.17) is 9.47 Å². The molecule has 22 heavy (non-hydrogen) atoms. The molecule has 1 aromatic rings. The van der Waals surface area contributed by atoms with Gasteiger partial charge in [0.1, 0.15) is 11.5 Å². The molecule has 7 heteroatoms. The van der Waals surface area contributed by atoms with Crippen LogP contribution in [0.25, 0.3) is 0 Å². The molecule has 3 rings (SSSR count). The van der Waals surface area contributed by atoms with Gasteiger partial charge < -0.3 is 14.4 Å². The van der Waals surface area contributed by atoms with E-state index in [2.05, 4.69) is 0 Å². The first-order valence-electron chi connectivity index (χ1n) is 7.22. The molecule has 2 atom stereocenters. The van der Waals surface area contributed by atoms with Gasteiger partial charge in [0.2, 0.25) is 0 Å². The summed E-state index contributed by atoms with van der Waals surface area (Å²) in [7, 11) is -1.31. The molecule has 0 N–H and O–H groups in total. The van der Waals surface area contributed by atoms with Gasteiger partial charge in [-0.05, 0) is 36.1 Å². The number of methoxy groups -OCH3 is 1. The van der Waals surface area contributed by atoms with Crippen LogP contribution in [0, 0.1) is 11.8 Å². The molecule has 2 aliphatic heterocycles. The van der Waals surface area contributed by atoms with Gasteiger partial charge in [0.05, 0.1) is 18.6 Å². The number of likely N-dealkylation sites (tertiary alicyclic amines) is 1. The Kier molecular flexibility index (Phi) is 3.99. The van der Waals surface area contributed by atoms with Crippen molar-refractivity contribution in [1.29, 1.82) is 0 Å². The highest BCUT2D eigenvalue weighted by Crippen LogP contribution is 2.32. The standard InChI is InChI=1S/C15H19NO5S/c1-20-13-2-4-14(5-3-13)21-8-15(17)16-6-11-9-22(18,19)10-12(11)7-16/h2-5,11-12H,6-10H2,1H3/t11-,12+. The summed E-state index contributed by atoms with van der Waals surface area (Å²) in [6.07, 6.45) is 0. The lowest BCUT2D eigenvalue weighted by Gasteiger charge is -2.17. The van der Waals surface area contributed by atoms with Crippen LogP contribution in [-0.4, -0.2) is 57.5 Å². The van der Waals surface area contributed by atoms with Crippen LogP contribution in [0.1, 0.15) is 0 Å². The van der Waals surface area contributed by atoms with Crippen LogP contribution in [0.3, 0.4) is 0 Å². The second kappa shape index (κ2) is 5.79. The molecule has 0 bridgehead atoms. The Balaban J connectivity index is 1.51. The highest BCUT2D eigenvalue weighted by Gasteiger charge is 2.44. The molecule has 2 heterocycles. The molecule has 6 nitrogen and oxygen atoms in total. The van der Waals surface area contributed by atoms with Gasteiger partial charge in [-0.1, -0.05) is 0 Å². The normalized spacial score (nSPS) is 25.8. The minimum Gasteiger partial charge on any atom is -0.497 e. The van der Waals surface area contributed by atoms with Crippen LogP contribution >= 0.6 is 0 Å². The first-order valence-corrected chi connectivity index (χ1v) is 9.04. The lowest BCUT2D eigenvalue weighted by Crippen LogP contribution is -2.34. The van der Waals surface area contributed by atoms with E-state index < -0.39 is 9.84 Å². The van der Waals surface area contributed by atoms with Crippen molar-refractivity contribution in [3.8, 4) is 11.5 Å². The molecule has 0 unspecified atom stereocenters. The second-order valence-corrected chi connectivity index (χ2v) is 8.01.